The minimum atomic E-state index is -0.257. The number of carbonyl (C=O) groups is 2. The van der Waals surface area contributed by atoms with Crippen LogP contribution >= 0.6 is 11.6 Å². The second kappa shape index (κ2) is 11.1. The lowest BCUT2D eigenvalue weighted by Gasteiger charge is -2.22. The van der Waals surface area contributed by atoms with E-state index in [2.05, 4.69) is 6.92 Å². The van der Waals surface area contributed by atoms with E-state index in [1.54, 1.807) is 24.0 Å². The molecule has 0 saturated heterocycles. The van der Waals surface area contributed by atoms with Crippen molar-refractivity contribution in [1.82, 2.24) is 4.90 Å². The number of rotatable bonds is 10. The first kappa shape index (κ1) is 19.5. The molecule has 0 fully saturated rings. The van der Waals surface area contributed by atoms with E-state index in [1.165, 1.54) is 0 Å². The fourth-order valence-electron chi connectivity index (χ4n) is 2.26. The molecule has 0 aliphatic carbocycles. The maximum absolute atomic E-state index is 12.5. The van der Waals surface area contributed by atoms with Crippen LogP contribution in [0.2, 0.25) is 5.02 Å². The summed E-state index contributed by atoms with van der Waals surface area (Å²) in [6.07, 6.45) is 3.69. The van der Waals surface area contributed by atoms with Crippen LogP contribution in [-0.4, -0.2) is 36.5 Å². The van der Waals surface area contributed by atoms with Crippen molar-refractivity contribution < 1.29 is 14.3 Å². The summed E-state index contributed by atoms with van der Waals surface area (Å²) < 4.78 is 4.94. The van der Waals surface area contributed by atoms with E-state index in [9.17, 15) is 9.59 Å². The zero-order valence-corrected chi connectivity index (χ0v) is 14.8. The van der Waals surface area contributed by atoms with Gasteiger partial charge in [-0.2, -0.15) is 0 Å². The standard InChI is InChI=1S/C18H26ClNO3/c1-3-5-6-12-20(13-11-18(22)23-4-2)17(21)14-15-7-9-16(19)10-8-15/h7-10H,3-6,11-14H2,1-2H3. The Kier molecular flexibility index (Phi) is 9.37. The monoisotopic (exact) mass is 339 g/mol. The predicted octanol–water partition coefficient (Wildman–Crippen LogP) is 3.85. The molecule has 0 aliphatic rings. The normalized spacial score (nSPS) is 10.4. The molecule has 0 N–H and O–H groups in total. The molecule has 0 heterocycles. The summed E-state index contributed by atoms with van der Waals surface area (Å²) in [7, 11) is 0. The molecular weight excluding hydrogens is 314 g/mol. The lowest BCUT2D eigenvalue weighted by atomic mass is 10.1. The fraction of sp³-hybridized carbons (Fsp3) is 0.556. The van der Waals surface area contributed by atoms with E-state index in [0.29, 0.717) is 31.1 Å². The van der Waals surface area contributed by atoms with Gasteiger partial charge in [-0.1, -0.05) is 43.5 Å². The molecule has 4 nitrogen and oxygen atoms in total. The van der Waals surface area contributed by atoms with Crippen molar-refractivity contribution in [3.63, 3.8) is 0 Å². The van der Waals surface area contributed by atoms with Crippen LogP contribution in [0.5, 0.6) is 0 Å². The van der Waals surface area contributed by atoms with Crippen LogP contribution in [0.3, 0.4) is 0 Å². The Morgan fingerprint density at radius 2 is 1.78 bits per heavy atom. The molecule has 0 aromatic heterocycles. The molecule has 0 unspecified atom stereocenters. The second-order valence-corrected chi connectivity index (χ2v) is 5.88. The third-order valence-electron chi connectivity index (χ3n) is 3.54. The molecule has 1 rings (SSSR count). The van der Waals surface area contributed by atoms with Gasteiger partial charge in [0.15, 0.2) is 0 Å². The molecule has 0 bridgehead atoms. The van der Waals surface area contributed by atoms with Crippen LogP contribution in [-0.2, 0) is 20.7 Å². The van der Waals surface area contributed by atoms with Gasteiger partial charge < -0.3 is 9.64 Å². The molecule has 128 valence electrons. The lowest BCUT2D eigenvalue weighted by Crippen LogP contribution is -2.35. The van der Waals surface area contributed by atoms with Crippen molar-refractivity contribution in [2.24, 2.45) is 0 Å². The van der Waals surface area contributed by atoms with Gasteiger partial charge in [0.05, 0.1) is 19.4 Å². The first-order chi connectivity index (χ1) is 11.1. The SMILES string of the molecule is CCCCCN(CCC(=O)OCC)C(=O)Cc1ccc(Cl)cc1. The minimum Gasteiger partial charge on any atom is -0.466 e. The Hall–Kier alpha value is -1.55. The average molecular weight is 340 g/mol. The number of carbonyl (C=O) groups excluding carboxylic acids is 2. The Morgan fingerprint density at radius 1 is 1.09 bits per heavy atom. The van der Waals surface area contributed by atoms with Crippen molar-refractivity contribution in [3.8, 4) is 0 Å². The number of nitrogens with zero attached hydrogens (tertiary/aromatic N) is 1. The first-order valence-corrected chi connectivity index (χ1v) is 8.62. The Labute approximate surface area is 143 Å². The molecule has 0 aliphatic heterocycles. The van der Waals surface area contributed by atoms with Crippen LogP contribution in [0.4, 0.5) is 0 Å². The molecule has 0 spiro atoms. The molecule has 5 heteroatoms. The molecule has 1 aromatic carbocycles. The summed E-state index contributed by atoms with van der Waals surface area (Å²) in [6.45, 7) is 5.36. The minimum absolute atomic E-state index is 0.0349. The van der Waals surface area contributed by atoms with Crippen molar-refractivity contribution in [2.75, 3.05) is 19.7 Å². The molecule has 1 aromatic rings. The molecule has 1 amide bonds. The summed E-state index contributed by atoms with van der Waals surface area (Å²) in [5.41, 5.74) is 0.927. The van der Waals surface area contributed by atoms with Crippen LogP contribution in [0.15, 0.2) is 24.3 Å². The van der Waals surface area contributed by atoms with Crippen LogP contribution in [0, 0.1) is 0 Å². The van der Waals surface area contributed by atoms with Gasteiger partial charge >= 0.3 is 5.97 Å². The van der Waals surface area contributed by atoms with E-state index in [4.69, 9.17) is 16.3 Å². The molecule has 0 radical (unpaired) electrons. The highest BCUT2D eigenvalue weighted by atomic mass is 35.5. The van der Waals surface area contributed by atoms with Crippen LogP contribution < -0.4 is 0 Å². The largest absolute Gasteiger partial charge is 0.466 e. The third kappa shape index (κ3) is 8.03. The predicted molar refractivity (Wildman–Crippen MR) is 92.5 cm³/mol. The number of halogens is 1. The number of ether oxygens (including phenoxy) is 1. The smallest absolute Gasteiger partial charge is 0.307 e. The molecule has 0 saturated carbocycles. The number of unbranched alkanes of at least 4 members (excludes halogenated alkanes) is 2. The summed E-state index contributed by atoms with van der Waals surface area (Å²) in [4.78, 5) is 25.8. The third-order valence-corrected chi connectivity index (χ3v) is 3.80. The highest BCUT2D eigenvalue weighted by Crippen LogP contribution is 2.11. The van der Waals surface area contributed by atoms with Gasteiger partial charge in [0.2, 0.25) is 5.91 Å². The van der Waals surface area contributed by atoms with E-state index in [1.807, 2.05) is 12.1 Å². The summed E-state index contributed by atoms with van der Waals surface area (Å²) in [5.74, 6) is -0.222. The topological polar surface area (TPSA) is 46.6 Å². The number of benzene rings is 1. The summed E-state index contributed by atoms with van der Waals surface area (Å²) >= 11 is 5.86. The van der Waals surface area contributed by atoms with Gasteiger partial charge in [-0.05, 0) is 31.0 Å². The van der Waals surface area contributed by atoms with Crippen molar-refractivity contribution in [3.05, 3.63) is 34.9 Å². The zero-order valence-electron chi connectivity index (χ0n) is 14.0. The highest BCUT2D eigenvalue weighted by Gasteiger charge is 2.15. The maximum Gasteiger partial charge on any atom is 0.307 e. The van der Waals surface area contributed by atoms with Gasteiger partial charge in [-0.25, -0.2) is 0 Å². The van der Waals surface area contributed by atoms with Crippen molar-refractivity contribution in [2.45, 2.75) is 46.0 Å². The van der Waals surface area contributed by atoms with Gasteiger partial charge in [-0.15, -0.1) is 0 Å². The lowest BCUT2D eigenvalue weighted by molar-refractivity contribution is -0.144. The average Bonchev–Trinajstić information content (AvgIpc) is 2.53. The van der Waals surface area contributed by atoms with E-state index in [-0.39, 0.29) is 18.3 Å². The van der Waals surface area contributed by atoms with Gasteiger partial charge in [0.25, 0.3) is 0 Å². The van der Waals surface area contributed by atoms with Crippen molar-refractivity contribution >= 4 is 23.5 Å². The molecule has 0 atom stereocenters. The Bertz CT molecular complexity index is 488. The fourth-order valence-corrected chi connectivity index (χ4v) is 2.39. The number of esters is 1. The first-order valence-electron chi connectivity index (χ1n) is 8.24. The quantitative estimate of drug-likeness (QED) is 0.480. The summed E-state index contributed by atoms with van der Waals surface area (Å²) in [6, 6.07) is 7.28. The van der Waals surface area contributed by atoms with Gasteiger partial charge in [-0.3, -0.25) is 9.59 Å². The molecular formula is C18H26ClNO3. The Morgan fingerprint density at radius 3 is 2.39 bits per heavy atom. The summed E-state index contributed by atoms with van der Waals surface area (Å²) in [5, 5.41) is 0.656. The zero-order chi connectivity index (χ0) is 17.1. The second-order valence-electron chi connectivity index (χ2n) is 5.45. The van der Waals surface area contributed by atoms with E-state index in [0.717, 1.165) is 24.8 Å². The number of hydrogen-bond donors (Lipinski definition) is 0. The van der Waals surface area contributed by atoms with Gasteiger partial charge in [0, 0.05) is 18.1 Å². The van der Waals surface area contributed by atoms with Crippen LogP contribution in [0.25, 0.3) is 0 Å². The number of hydrogen-bond acceptors (Lipinski definition) is 3. The van der Waals surface area contributed by atoms with Crippen molar-refractivity contribution in [1.29, 1.82) is 0 Å². The van der Waals surface area contributed by atoms with E-state index < -0.39 is 0 Å². The van der Waals surface area contributed by atoms with E-state index >= 15 is 0 Å². The number of amides is 1. The Balaban J connectivity index is 2.59. The van der Waals surface area contributed by atoms with Crippen LogP contribution in [0.1, 0.15) is 45.1 Å². The highest BCUT2D eigenvalue weighted by molar-refractivity contribution is 6.30. The molecule has 23 heavy (non-hydrogen) atoms. The maximum atomic E-state index is 12.5. The van der Waals surface area contributed by atoms with Gasteiger partial charge in [0.1, 0.15) is 0 Å².